The van der Waals surface area contributed by atoms with Gasteiger partial charge in [0, 0.05) is 12.8 Å². The fraction of sp³-hybridized carbons (Fsp3) is 0.535. The first-order valence-corrected chi connectivity index (χ1v) is 20.8. The van der Waals surface area contributed by atoms with Gasteiger partial charge in [-0.05, 0) is 77.0 Å². The third-order valence-corrected chi connectivity index (χ3v) is 7.87. The van der Waals surface area contributed by atoms with Crippen LogP contribution in [-0.4, -0.2) is 41.0 Å². The summed E-state index contributed by atoms with van der Waals surface area (Å²) in [5.41, 5.74) is 0. The molecule has 0 aromatic heterocycles. The van der Waals surface area contributed by atoms with E-state index in [2.05, 4.69) is 97.4 Å². The molecule has 0 aliphatic heterocycles. The van der Waals surface area contributed by atoms with Crippen LogP contribution < -0.4 is 0 Å². The second-order valence-corrected chi connectivity index (χ2v) is 13.5. The summed E-state index contributed by atoms with van der Waals surface area (Å²) in [7, 11) is -4.78. The highest BCUT2D eigenvalue weighted by molar-refractivity contribution is 7.46. The highest BCUT2D eigenvalue weighted by Gasteiger charge is 2.22. The van der Waals surface area contributed by atoms with Crippen LogP contribution in [0.3, 0.4) is 0 Å². The van der Waals surface area contributed by atoms with Crippen LogP contribution in [0.5, 0.6) is 0 Å². The number of allylic oxidation sites excluding steroid dienone is 18. The van der Waals surface area contributed by atoms with Crippen LogP contribution in [0.2, 0.25) is 0 Å². The molecule has 0 aromatic carbocycles. The molecule has 8 nitrogen and oxygen atoms in total. The van der Waals surface area contributed by atoms with E-state index < -0.39 is 32.5 Å². The molecule has 1 atom stereocenters. The van der Waals surface area contributed by atoms with Gasteiger partial charge in [0.1, 0.15) is 6.61 Å². The lowest BCUT2D eigenvalue weighted by Gasteiger charge is -2.18. The van der Waals surface area contributed by atoms with Gasteiger partial charge in [-0.25, -0.2) is 4.57 Å². The van der Waals surface area contributed by atoms with E-state index in [4.69, 9.17) is 19.3 Å². The standard InChI is InChI=1S/C43H67O8P/c1-3-5-7-9-11-13-15-17-19-20-21-22-24-26-28-30-32-34-36-38-43(45)51-41(40-50-52(46,47)48)39-49-42(44)37-35-33-31-29-27-25-23-18-16-14-12-10-8-6-4-2/h5-8,10-14,16-19,21-23,26,28,41H,3-4,9,15,20,24-25,27,29-40H2,1-2H3,(H2,46,47,48)/b7-5+,8-6+,12-10+,13-11+,16-14+,19-17+,22-21+,23-18+,28-26+/t41-/m1/s1. The average Bonchev–Trinajstić information content (AvgIpc) is 3.11. The number of ether oxygens (including phenoxy) is 2. The number of carbonyl (C=O) groups is 2. The Hall–Kier alpha value is -3.29. The molecule has 0 fully saturated rings. The van der Waals surface area contributed by atoms with Gasteiger partial charge in [-0.1, -0.05) is 149 Å². The van der Waals surface area contributed by atoms with Crippen LogP contribution in [0.25, 0.3) is 0 Å². The van der Waals surface area contributed by atoms with Crippen LogP contribution >= 0.6 is 7.82 Å². The Labute approximate surface area is 315 Å². The summed E-state index contributed by atoms with van der Waals surface area (Å²) in [6.07, 6.45) is 52.3. The van der Waals surface area contributed by atoms with Crippen molar-refractivity contribution in [1.82, 2.24) is 0 Å². The van der Waals surface area contributed by atoms with Gasteiger partial charge in [0.2, 0.25) is 0 Å². The molecule has 2 N–H and O–H groups in total. The minimum absolute atomic E-state index is 0.160. The lowest BCUT2D eigenvalue weighted by atomic mass is 10.1. The number of phosphoric ester groups is 1. The average molecular weight is 743 g/mol. The molecule has 0 saturated heterocycles. The molecule has 0 unspecified atom stereocenters. The van der Waals surface area contributed by atoms with Gasteiger partial charge in [0.05, 0.1) is 6.61 Å². The van der Waals surface area contributed by atoms with Crippen molar-refractivity contribution in [3.05, 3.63) is 109 Å². The van der Waals surface area contributed by atoms with Crippen molar-refractivity contribution >= 4 is 19.8 Å². The van der Waals surface area contributed by atoms with Crippen molar-refractivity contribution < 1.29 is 37.9 Å². The summed E-state index contributed by atoms with van der Waals surface area (Å²) in [6, 6.07) is 0. The van der Waals surface area contributed by atoms with Gasteiger partial charge >= 0.3 is 19.8 Å². The minimum atomic E-state index is -4.78. The molecule has 0 radical (unpaired) electrons. The molecule has 52 heavy (non-hydrogen) atoms. The Morgan fingerprint density at radius 3 is 1.54 bits per heavy atom. The van der Waals surface area contributed by atoms with Crippen molar-refractivity contribution in [2.24, 2.45) is 0 Å². The molecule has 0 spiro atoms. The summed E-state index contributed by atoms with van der Waals surface area (Å²) in [5.74, 6) is -0.964. The van der Waals surface area contributed by atoms with Crippen LogP contribution in [-0.2, 0) is 28.2 Å². The third-order valence-electron chi connectivity index (χ3n) is 7.38. The van der Waals surface area contributed by atoms with Crippen LogP contribution in [0, 0.1) is 0 Å². The molecular weight excluding hydrogens is 675 g/mol. The monoisotopic (exact) mass is 742 g/mol. The third kappa shape index (κ3) is 39.5. The zero-order valence-electron chi connectivity index (χ0n) is 31.9. The zero-order valence-corrected chi connectivity index (χ0v) is 32.8. The maximum absolute atomic E-state index is 12.4. The maximum atomic E-state index is 12.4. The molecule has 0 saturated carbocycles. The van der Waals surface area contributed by atoms with E-state index in [9.17, 15) is 14.2 Å². The number of carbonyl (C=O) groups excluding carboxylic acids is 2. The van der Waals surface area contributed by atoms with E-state index >= 15 is 0 Å². The number of esters is 2. The van der Waals surface area contributed by atoms with Crippen molar-refractivity contribution in [3.8, 4) is 0 Å². The molecule has 0 amide bonds. The van der Waals surface area contributed by atoms with Gasteiger partial charge in [0.15, 0.2) is 6.10 Å². The van der Waals surface area contributed by atoms with Crippen molar-refractivity contribution in [2.45, 2.75) is 136 Å². The predicted octanol–water partition coefficient (Wildman–Crippen LogP) is 11.6. The first-order chi connectivity index (χ1) is 25.3. The number of unbranched alkanes of at least 4 members (excludes halogenated alkanes) is 8. The van der Waals surface area contributed by atoms with Gasteiger partial charge in [0.25, 0.3) is 0 Å². The van der Waals surface area contributed by atoms with E-state index in [1.807, 2.05) is 30.4 Å². The van der Waals surface area contributed by atoms with Gasteiger partial charge in [-0.15, -0.1) is 0 Å². The molecule has 0 rings (SSSR count). The lowest BCUT2D eigenvalue weighted by molar-refractivity contribution is -0.161. The number of hydrogen-bond donors (Lipinski definition) is 2. The molecular formula is C43H67O8P. The van der Waals surface area contributed by atoms with E-state index in [0.717, 1.165) is 89.9 Å². The molecule has 0 aromatic rings. The molecule has 0 aliphatic rings. The molecule has 0 bridgehead atoms. The van der Waals surface area contributed by atoms with E-state index in [1.165, 1.54) is 0 Å². The fourth-order valence-corrected chi connectivity index (χ4v) is 4.94. The first-order valence-electron chi connectivity index (χ1n) is 19.2. The molecule has 0 aliphatic carbocycles. The number of rotatable bonds is 33. The van der Waals surface area contributed by atoms with Crippen LogP contribution in [0.4, 0.5) is 0 Å². The van der Waals surface area contributed by atoms with Crippen molar-refractivity contribution in [2.75, 3.05) is 13.2 Å². The summed E-state index contributed by atoms with van der Waals surface area (Å²) in [5, 5.41) is 0. The first kappa shape index (κ1) is 48.7. The van der Waals surface area contributed by atoms with Crippen LogP contribution in [0.1, 0.15) is 129 Å². The van der Waals surface area contributed by atoms with Crippen molar-refractivity contribution in [1.29, 1.82) is 0 Å². The minimum Gasteiger partial charge on any atom is -0.462 e. The van der Waals surface area contributed by atoms with E-state index in [-0.39, 0.29) is 19.4 Å². The Bertz CT molecular complexity index is 1200. The van der Waals surface area contributed by atoms with E-state index in [0.29, 0.717) is 12.8 Å². The van der Waals surface area contributed by atoms with Gasteiger partial charge in [-0.2, -0.15) is 0 Å². The quantitative estimate of drug-likeness (QED) is 0.0224. The van der Waals surface area contributed by atoms with Crippen LogP contribution in [0.15, 0.2) is 109 Å². The molecule has 0 heterocycles. The Balaban J connectivity index is 4.11. The summed E-state index contributed by atoms with van der Waals surface area (Å²) >= 11 is 0. The largest absolute Gasteiger partial charge is 0.469 e. The fourth-order valence-electron chi connectivity index (χ4n) is 4.58. The molecule has 292 valence electrons. The highest BCUT2D eigenvalue weighted by atomic mass is 31.2. The van der Waals surface area contributed by atoms with Gasteiger partial charge < -0.3 is 19.3 Å². The summed E-state index contributed by atoms with van der Waals surface area (Å²) in [6.45, 7) is 3.36. The predicted molar refractivity (Wildman–Crippen MR) is 216 cm³/mol. The maximum Gasteiger partial charge on any atom is 0.469 e. The van der Waals surface area contributed by atoms with Gasteiger partial charge in [-0.3, -0.25) is 14.1 Å². The second-order valence-electron chi connectivity index (χ2n) is 12.2. The van der Waals surface area contributed by atoms with E-state index in [1.54, 1.807) is 0 Å². The Morgan fingerprint density at radius 1 is 0.519 bits per heavy atom. The smallest absolute Gasteiger partial charge is 0.462 e. The summed E-state index contributed by atoms with van der Waals surface area (Å²) in [4.78, 5) is 42.8. The normalized spacial score (nSPS) is 13.7. The lowest BCUT2D eigenvalue weighted by Crippen LogP contribution is -2.29. The Kier molecular flexibility index (Phi) is 35.1. The van der Waals surface area contributed by atoms with Crippen molar-refractivity contribution in [3.63, 3.8) is 0 Å². The zero-order chi connectivity index (χ0) is 38.2. The SMILES string of the molecule is CC/C=C/C=C/C=C/C=C/CCCCCCCC(=O)OC[C@H](COP(=O)(O)O)OC(=O)CCCCC/C=C/C/C=C/C/C=C/C/C=C/C/C=C/CC. The highest BCUT2D eigenvalue weighted by Crippen LogP contribution is 2.35. The summed E-state index contributed by atoms with van der Waals surface area (Å²) < 4.78 is 26.3. The Morgan fingerprint density at radius 2 is 0.962 bits per heavy atom. The number of hydrogen-bond acceptors (Lipinski definition) is 6. The number of phosphoric acid groups is 1. The molecule has 9 heteroatoms. The topological polar surface area (TPSA) is 119 Å². The second kappa shape index (κ2) is 37.5.